The summed E-state index contributed by atoms with van der Waals surface area (Å²) in [5, 5.41) is 8.37. The van der Waals surface area contributed by atoms with Crippen LogP contribution in [0.15, 0.2) is 30.3 Å². The van der Waals surface area contributed by atoms with E-state index in [0.29, 0.717) is 6.42 Å². The third-order valence-corrected chi connectivity index (χ3v) is 1.82. The average Bonchev–Trinajstić information content (AvgIpc) is 2.86. The maximum Gasteiger partial charge on any atom is 0.228 e. The Morgan fingerprint density at radius 2 is 2.15 bits per heavy atom. The van der Waals surface area contributed by atoms with Crippen molar-refractivity contribution >= 4 is 0 Å². The lowest BCUT2D eigenvalue weighted by molar-refractivity contribution is 0.178. The Hall–Kier alpha value is -1.53. The maximum atomic E-state index is 8.37. The minimum atomic E-state index is -0.220. The third kappa shape index (κ3) is 1.98. The highest BCUT2D eigenvalue weighted by molar-refractivity contribution is 5.21. The molecular weight excluding hydrogens is 166 g/mol. The smallest absolute Gasteiger partial charge is 0.228 e. The molecule has 1 aromatic carbocycles. The normalized spacial score (nSPS) is 24.8. The number of para-hydroxylation sites is 1. The van der Waals surface area contributed by atoms with E-state index >= 15 is 0 Å². The topological polar surface area (TPSA) is 45.5 Å². The molecule has 0 aromatic heterocycles. The van der Waals surface area contributed by atoms with Gasteiger partial charge in [0, 0.05) is 0 Å². The SMILES string of the molecule is N#CCC1OC1Oc1ccccc1. The Kier molecular flexibility index (Phi) is 2.15. The van der Waals surface area contributed by atoms with Gasteiger partial charge in [0.2, 0.25) is 6.29 Å². The lowest BCUT2D eigenvalue weighted by Crippen LogP contribution is -2.02. The molecule has 13 heavy (non-hydrogen) atoms. The van der Waals surface area contributed by atoms with Gasteiger partial charge in [-0.3, -0.25) is 0 Å². The van der Waals surface area contributed by atoms with Crippen molar-refractivity contribution in [2.45, 2.75) is 18.8 Å². The molecule has 1 heterocycles. The summed E-state index contributed by atoms with van der Waals surface area (Å²) < 4.78 is 10.5. The van der Waals surface area contributed by atoms with Crippen LogP contribution in [-0.2, 0) is 4.74 Å². The van der Waals surface area contributed by atoms with Crippen LogP contribution in [-0.4, -0.2) is 12.4 Å². The molecule has 3 nitrogen and oxygen atoms in total. The standard InChI is InChI=1S/C10H9NO2/c11-7-6-9-10(13-9)12-8-4-2-1-3-5-8/h1-5,9-10H,6H2. The predicted octanol–water partition coefficient (Wildman–Crippen LogP) is 1.70. The van der Waals surface area contributed by atoms with Crippen molar-refractivity contribution in [2.24, 2.45) is 0 Å². The van der Waals surface area contributed by atoms with Gasteiger partial charge in [0.15, 0.2) is 0 Å². The van der Waals surface area contributed by atoms with Crippen LogP contribution in [0.3, 0.4) is 0 Å². The van der Waals surface area contributed by atoms with Gasteiger partial charge >= 0.3 is 0 Å². The van der Waals surface area contributed by atoms with Crippen LogP contribution in [0, 0.1) is 11.3 Å². The van der Waals surface area contributed by atoms with E-state index in [1.165, 1.54) is 0 Å². The molecule has 2 rings (SSSR count). The van der Waals surface area contributed by atoms with Crippen molar-refractivity contribution < 1.29 is 9.47 Å². The Morgan fingerprint density at radius 3 is 2.85 bits per heavy atom. The molecule has 1 aliphatic rings. The number of hydrogen-bond acceptors (Lipinski definition) is 3. The summed E-state index contributed by atoms with van der Waals surface area (Å²) in [5.41, 5.74) is 0. The largest absolute Gasteiger partial charge is 0.462 e. The Bertz CT molecular complexity index is 317. The van der Waals surface area contributed by atoms with Crippen molar-refractivity contribution in [3.05, 3.63) is 30.3 Å². The minimum Gasteiger partial charge on any atom is -0.462 e. The highest BCUT2D eigenvalue weighted by atomic mass is 16.8. The van der Waals surface area contributed by atoms with Crippen molar-refractivity contribution in [2.75, 3.05) is 0 Å². The monoisotopic (exact) mass is 175 g/mol. The molecule has 1 fully saturated rings. The quantitative estimate of drug-likeness (QED) is 0.657. The Labute approximate surface area is 76.5 Å². The fourth-order valence-electron chi connectivity index (χ4n) is 1.10. The molecule has 66 valence electrons. The first-order chi connectivity index (χ1) is 6.40. The fourth-order valence-corrected chi connectivity index (χ4v) is 1.10. The van der Waals surface area contributed by atoms with Crippen molar-refractivity contribution in [1.29, 1.82) is 5.26 Å². The number of hydrogen-bond donors (Lipinski definition) is 0. The van der Waals surface area contributed by atoms with Gasteiger partial charge in [-0.05, 0) is 12.1 Å². The summed E-state index contributed by atoms with van der Waals surface area (Å²) >= 11 is 0. The van der Waals surface area contributed by atoms with Crippen LogP contribution in [0.1, 0.15) is 6.42 Å². The first kappa shape index (κ1) is 8.09. The van der Waals surface area contributed by atoms with Gasteiger partial charge in [0.1, 0.15) is 11.9 Å². The molecule has 0 aliphatic carbocycles. The number of nitrogens with zero attached hydrogens (tertiary/aromatic N) is 1. The molecule has 1 aromatic rings. The van der Waals surface area contributed by atoms with Crippen LogP contribution in [0.5, 0.6) is 5.75 Å². The zero-order valence-electron chi connectivity index (χ0n) is 7.01. The summed E-state index contributed by atoms with van der Waals surface area (Å²) in [6, 6.07) is 11.5. The number of ether oxygens (including phenoxy) is 2. The van der Waals surface area contributed by atoms with Crippen molar-refractivity contribution in [1.82, 2.24) is 0 Å². The van der Waals surface area contributed by atoms with E-state index in [2.05, 4.69) is 0 Å². The molecule has 0 N–H and O–H groups in total. The summed E-state index contributed by atoms with van der Waals surface area (Å²) in [7, 11) is 0. The Balaban J connectivity index is 1.85. The lowest BCUT2D eigenvalue weighted by atomic mass is 10.3. The fraction of sp³-hybridized carbons (Fsp3) is 0.300. The van der Waals surface area contributed by atoms with E-state index in [0.717, 1.165) is 5.75 Å². The number of benzene rings is 1. The second kappa shape index (κ2) is 3.46. The van der Waals surface area contributed by atoms with Gasteiger partial charge in [-0.25, -0.2) is 0 Å². The number of epoxide rings is 1. The van der Waals surface area contributed by atoms with Crippen molar-refractivity contribution in [3.8, 4) is 11.8 Å². The predicted molar refractivity (Wildman–Crippen MR) is 46.0 cm³/mol. The molecule has 0 saturated carbocycles. The van der Waals surface area contributed by atoms with Crippen LogP contribution in [0.2, 0.25) is 0 Å². The second-order valence-corrected chi connectivity index (χ2v) is 2.84. The highest BCUT2D eigenvalue weighted by Gasteiger charge is 2.41. The molecule has 2 unspecified atom stereocenters. The van der Waals surface area contributed by atoms with E-state index < -0.39 is 0 Å². The first-order valence-corrected chi connectivity index (χ1v) is 4.14. The van der Waals surface area contributed by atoms with E-state index in [1.807, 2.05) is 36.4 Å². The molecule has 0 amide bonds. The van der Waals surface area contributed by atoms with Gasteiger partial charge < -0.3 is 9.47 Å². The molecular formula is C10H9NO2. The van der Waals surface area contributed by atoms with Gasteiger partial charge in [-0.15, -0.1) is 0 Å². The summed E-state index contributed by atoms with van der Waals surface area (Å²) in [4.78, 5) is 0. The molecule has 0 spiro atoms. The van der Waals surface area contributed by atoms with Crippen LogP contribution >= 0.6 is 0 Å². The maximum absolute atomic E-state index is 8.37. The lowest BCUT2D eigenvalue weighted by Gasteiger charge is -1.99. The average molecular weight is 175 g/mol. The Morgan fingerprint density at radius 1 is 1.38 bits per heavy atom. The summed E-state index contributed by atoms with van der Waals surface area (Å²) in [6.07, 6.45) is 0.143. The molecule has 1 saturated heterocycles. The highest BCUT2D eigenvalue weighted by Crippen LogP contribution is 2.27. The summed E-state index contributed by atoms with van der Waals surface area (Å²) in [5.74, 6) is 0.785. The molecule has 0 bridgehead atoms. The zero-order valence-corrected chi connectivity index (χ0v) is 7.01. The number of nitriles is 1. The summed E-state index contributed by atoms with van der Waals surface area (Å²) in [6.45, 7) is 0. The van der Waals surface area contributed by atoms with Crippen LogP contribution in [0.4, 0.5) is 0 Å². The van der Waals surface area contributed by atoms with E-state index in [-0.39, 0.29) is 12.4 Å². The second-order valence-electron chi connectivity index (χ2n) is 2.84. The van der Waals surface area contributed by atoms with Crippen LogP contribution in [0.25, 0.3) is 0 Å². The van der Waals surface area contributed by atoms with Gasteiger partial charge in [0.25, 0.3) is 0 Å². The molecule has 2 atom stereocenters. The zero-order chi connectivity index (χ0) is 9.10. The van der Waals surface area contributed by atoms with Crippen LogP contribution < -0.4 is 4.74 Å². The first-order valence-electron chi connectivity index (χ1n) is 4.14. The molecule has 3 heteroatoms. The van der Waals surface area contributed by atoms with E-state index in [1.54, 1.807) is 0 Å². The van der Waals surface area contributed by atoms with Gasteiger partial charge in [-0.2, -0.15) is 5.26 Å². The van der Waals surface area contributed by atoms with Gasteiger partial charge in [0.05, 0.1) is 12.5 Å². The number of rotatable bonds is 3. The van der Waals surface area contributed by atoms with Gasteiger partial charge in [-0.1, -0.05) is 18.2 Å². The third-order valence-electron chi connectivity index (χ3n) is 1.82. The van der Waals surface area contributed by atoms with E-state index in [9.17, 15) is 0 Å². The van der Waals surface area contributed by atoms with Crippen molar-refractivity contribution in [3.63, 3.8) is 0 Å². The van der Waals surface area contributed by atoms with E-state index in [4.69, 9.17) is 14.7 Å². The molecule has 1 aliphatic heterocycles. The minimum absolute atomic E-state index is 0.0368. The molecule has 0 radical (unpaired) electrons.